The lowest BCUT2D eigenvalue weighted by Crippen LogP contribution is -2.17. The Morgan fingerprint density at radius 3 is 2.07 bits per heavy atom. The van der Waals surface area contributed by atoms with Crippen LogP contribution in [0.25, 0.3) is 0 Å². The van der Waals surface area contributed by atoms with Gasteiger partial charge in [0, 0.05) is 13.1 Å². The summed E-state index contributed by atoms with van der Waals surface area (Å²) >= 11 is 0. The summed E-state index contributed by atoms with van der Waals surface area (Å²) in [4.78, 5) is 2.25. The Labute approximate surface area is 92.0 Å². The zero-order valence-electron chi connectivity index (χ0n) is 9.42. The average molecular weight is 236 g/mol. The predicted molar refractivity (Wildman–Crippen MR) is 63.1 cm³/mol. The number of likely N-dealkylation sites (N-methyl/N-ethyl adjacent to an activating group) is 1. The largest absolute Gasteiger partial charge is 0.374 e. The molecule has 0 aliphatic carbocycles. The van der Waals surface area contributed by atoms with Gasteiger partial charge in [-0.15, -0.1) is 0 Å². The lowest BCUT2D eigenvalue weighted by Gasteiger charge is -2.16. The van der Waals surface area contributed by atoms with Gasteiger partial charge in [-0.3, -0.25) is 4.55 Å². The second-order valence-corrected chi connectivity index (χ2v) is 4.06. The number of nitrogens with zero attached hydrogens (tertiary/aromatic N) is 1. The van der Waals surface area contributed by atoms with Gasteiger partial charge in [-0.2, -0.15) is 8.42 Å². The first-order valence-electron chi connectivity index (χ1n) is 4.51. The molecule has 90 valence electrons. The molecule has 0 saturated heterocycles. The third-order valence-electron chi connectivity index (χ3n) is 1.29. The Bertz CT molecular complexity index is 276. The van der Waals surface area contributed by atoms with E-state index in [-0.39, 0.29) is 0 Å². The van der Waals surface area contributed by atoms with Crippen LogP contribution in [0.1, 0.15) is 6.92 Å². The standard InChI is InChI=1S/C7H11N.CH5N.CH4O3S/c1-2-8-6-4-3-5-7-8;1-2;1-5(2,3)4/h3-6H,2,7H2,1H3;2H2,1H3;1H3,(H,2,3,4). The number of hydrogen-bond donors (Lipinski definition) is 2. The second kappa shape index (κ2) is 9.70. The third-order valence-corrected chi connectivity index (χ3v) is 1.29. The highest BCUT2D eigenvalue weighted by atomic mass is 32.2. The molecule has 1 heterocycles. The van der Waals surface area contributed by atoms with Crippen molar-refractivity contribution in [2.45, 2.75) is 6.92 Å². The molecule has 0 bridgehead atoms. The van der Waals surface area contributed by atoms with Gasteiger partial charge in [0.2, 0.25) is 0 Å². The summed E-state index contributed by atoms with van der Waals surface area (Å²) in [6.45, 7) is 4.34. The van der Waals surface area contributed by atoms with Crippen LogP contribution in [0.4, 0.5) is 0 Å². The van der Waals surface area contributed by atoms with E-state index in [9.17, 15) is 8.42 Å². The molecule has 0 unspecified atom stereocenters. The van der Waals surface area contributed by atoms with Crippen molar-refractivity contribution in [3.8, 4) is 0 Å². The quantitative estimate of drug-likeness (QED) is 0.647. The van der Waals surface area contributed by atoms with Gasteiger partial charge in [0.1, 0.15) is 0 Å². The van der Waals surface area contributed by atoms with Crippen LogP contribution in [0.2, 0.25) is 0 Å². The summed E-state index contributed by atoms with van der Waals surface area (Å²) in [6, 6.07) is 0. The molecular formula is C9H20N2O3S. The molecule has 0 saturated carbocycles. The predicted octanol–water partition coefficient (Wildman–Crippen LogP) is 0.471. The van der Waals surface area contributed by atoms with E-state index in [0.717, 1.165) is 13.1 Å². The normalized spacial score (nSPS) is 13.5. The highest BCUT2D eigenvalue weighted by Gasteiger charge is 1.91. The van der Waals surface area contributed by atoms with Gasteiger partial charge in [0.25, 0.3) is 10.1 Å². The zero-order valence-corrected chi connectivity index (χ0v) is 10.2. The average Bonchev–Trinajstić information content (AvgIpc) is 2.20. The van der Waals surface area contributed by atoms with Crippen molar-refractivity contribution in [3.63, 3.8) is 0 Å². The zero-order chi connectivity index (χ0) is 12.3. The first kappa shape index (κ1) is 16.6. The fraction of sp³-hybridized carbons (Fsp3) is 0.556. The Hall–Kier alpha value is -0.850. The summed E-state index contributed by atoms with van der Waals surface area (Å²) in [5, 5.41) is 0. The maximum Gasteiger partial charge on any atom is 0.261 e. The van der Waals surface area contributed by atoms with Crippen LogP contribution >= 0.6 is 0 Å². The van der Waals surface area contributed by atoms with Gasteiger partial charge in [0.05, 0.1) is 6.26 Å². The van der Waals surface area contributed by atoms with Crippen LogP contribution in [-0.2, 0) is 10.1 Å². The molecule has 0 aromatic carbocycles. The molecule has 15 heavy (non-hydrogen) atoms. The minimum Gasteiger partial charge on any atom is -0.374 e. The fourth-order valence-corrected chi connectivity index (χ4v) is 0.742. The Morgan fingerprint density at radius 2 is 1.87 bits per heavy atom. The fourth-order valence-electron chi connectivity index (χ4n) is 0.742. The molecule has 0 fully saturated rings. The Morgan fingerprint density at radius 1 is 1.40 bits per heavy atom. The second-order valence-electron chi connectivity index (χ2n) is 2.59. The van der Waals surface area contributed by atoms with Crippen LogP contribution in [-0.4, -0.2) is 44.3 Å². The molecule has 0 radical (unpaired) electrons. The first-order chi connectivity index (χ1) is 6.93. The summed E-state index contributed by atoms with van der Waals surface area (Å²) in [6.07, 6.45) is 9.12. The monoisotopic (exact) mass is 236 g/mol. The van der Waals surface area contributed by atoms with Gasteiger partial charge in [-0.1, -0.05) is 12.2 Å². The number of allylic oxidation sites excluding steroid dienone is 2. The van der Waals surface area contributed by atoms with Gasteiger partial charge in [-0.05, 0) is 26.2 Å². The molecule has 1 rings (SSSR count). The van der Waals surface area contributed by atoms with E-state index >= 15 is 0 Å². The van der Waals surface area contributed by atoms with Crippen LogP contribution < -0.4 is 5.73 Å². The minimum absolute atomic E-state index is 0.715. The van der Waals surface area contributed by atoms with Crippen molar-refractivity contribution >= 4 is 10.1 Å². The molecule has 1 aliphatic rings. The van der Waals surface area contributed by atoms with Crippen molar-refractivity contribution in [3.05, 3.63) is 24.4 Å². The first-order valence-corrected chi connectivity index (χ1v) is 6.36. The molecule has 0 aromatic rings. The van der Waals surface area contributed by atoms with Crippen LogP contribution in [0.15, 0.2) is 24.4 Å². The van der Waals surface area contributed by atoms with Crippen molar-refractivity contribution in [2.24, 2.45) is 5.73 Å². The highest BCUT2D eigenvalue weighted by Crippen LogP contribution is 1.95. The van der Waals surface area contributed by atoms with Crippen molar-refractivity contribution in [1.29, 1.82) is 0 Å². The Balaban J connectivity index is 0. The molecular weight excluding hydrogens is 216 g/mol. The molecule has 6 heteroatoms. The maximum atomic E-state index is 9.19. The smallest absolute Gasteiger partial charge is 0.261 e. The molecule has 0 atom stereocenters. The number of nitrogens with two attached hydrogens (primary N) is 1. The van der Waals surface area contributed by atoms with Gasteiger partial charge in [-0.25, -0.2) is 0 Å². The maximum absolute atomic E-state index is 9.19. The summed E-state index contributed by atoms with van der Waals surface area (Å²) in [5.74, 6) is 0. The Kier molecular flexibility index (Phi) is 10.7. The number of rotatable bonds is 1. The molecule has 5 nitrogen and oxygen atoms in total. The third kappa shape index (κ3) is 19.5. The van der Waals surface area contributed by atoms with E-state index in [0.29, 0.717) is 6.26 Å². The lowest BCUT2D eigenvalue weighted by molar-refractivity contribution is 0.436. The summed E-state index contributed by atoms with van der Waals surface area (Å²) in [5.41, 5.74) is 4.50. The summed E-state index contributed by atoms with van der Waals surface area (Å²) in [7, 11) is -2.17. The van der Waals surface area contributed by atoms with Crippen LogP contribution in [0.5, 0.6) is 0 Å². The molecule has 1 aliphatic heterocycles. The van der Waals surface area contributed by atoms with Gasteiger partial charge < -0.3 is 10.6 Å². The van der Waals surface area contributed by atoms with E-state index in [1.807, 2.05) is 0 Å². The van der Waals surface area contributed by atoms with E-state index < -0.39 is 10.1 Å². The number of hydrogen-bond acceptors (Lipinski definition) is 4. The van der Waals surface area contributed by atoms with E-state index in [1.54, 1.807) is 0 Å². The van der Waals surface area contributed by atoms with Gasteiger partial charge in [0.15, 0.2) is 0 Å². The van der Waals surface area contributed by atoms with Crippen LogP contribution in [0.3, 0.4) is 0 Å². The lowest BCUT2D eigenvalue weighted by atomic mass is 10.3. The molecule has 0 amide bonds. The van der Waals surface area contributed by atoms with E-state index in [4.69, 9.17) is 4.55 Å². The minimum atomic E-state index is -3.67. The van der Waals surface area contributed by atoms with E-state index in [2.05, 4.69) is 42.0 Å². The SMILES string of the molecule is CCN1C=CC=CC1.CN.CS(=O)(=O)O. The topological polar surface area (TPSA) is 83.6 Å². The highest BCUT2D eigenvalue weighted by molar-refractivity contribution is 7.85. The molecule has 0 aromatic heterocycles. The van der Waals surface area contributed by atoms with E-state index in [1.165, 1.54) is 7.05 Å². The van der Waals surface area contributed by atoms with Crippen molar-refractivity contribution in [1.82, 2.24) is 4.90 Å². The molecule has 3 N–H and O–H groups in total. The van der Waals surface area contributed by atoms with Crippen molar-refractivity contribution < 1.29 is 13.0 Å². The van der Waals surface area contributed by atoms with Crippen LogP contribution in [0, 0.1) is 0 Å². The summed E-state index contributed by atoms with van der Waals surface area (Å²) < 4.78 is 25.9. The van der Waals surface area contributed by atoms with Gasteiger partial charge >= 0.3 is 0 Å². The van der Waals surface area contributed by atoms with Crippen molar-refractivity contribution in [2.75, 3.05) is 26.4 Å². The molecule has 0 spiro atoms.